The van der Waals surface area contributed by atoms with Crippen LogP contribution >= 0.6 is 0 Å². The zero-order valence-corrected chi connectivity index (χ0v) is 17.4. The first-order valence-corrected chi connectivity index (χ1v) is 11.0. The predicted octanol–water partition coefficient (Wildman–Crippen LogP) is 2.71. The number of rotatable bonds is 3. The normalized spacial score (nSPS) is 23.3. The van der Waals surface area contributed by atoms with Gasteiger partial charge in [-0.25, -0.2) is 0 Å². The molecule has 2 amide bonds. The minimum atomic E-state index is -0.111. The number of nitrogens with zero attached hydrogens (tertiary/aromatic N) is 3. The van der Waals surface area contributed by atoms with E-state index in [-0.39, 0.29) is 23.8 Å². The molecule has 2 aromatic rings. The molecule has 6 nitrogen and oxygen atoms in total. The van der Waals surface area contributed by atoms with Crippen molar-refractivity contribution in [2.24, 2.45) is 5.92 Å². The average molecular weight is 407 g/mol. The summed E-state index contributed by atoms with van der Waals surface area (Å²) in [7, 11) is 0. The second-order valence-electron chi connectivity index (χ2n) is 8.21. The Labute approximate surface area is 178 Å². The third-order valence-electron chi connectivity index (χ3n) is 6.21. The van der Waals surface area contributed by atoms with Crippen molar-refractivity contribution in [3.8, 4) is 0 Å². The Morgan fingerprint density at radius 1 is 1.00 bits per heavy atom. The Balaban J connectivity index is 1.52. The summed E-state index contributed by atoms with van der Waals surface area (Å²) in [6.07, 6.45) is 5.43. The fourth-order valence-electron chi connectivity index (χ4n) is 4.71. The van der Waals surface area contributed by atoms with E-state index in [0.29, 0.717) is 18.7 Å². The van der Waals surface area contributed by atoms with Crippen molar-refractivity contribution in [1.82, 2.24) is 20.1 Å². The van der Waals surface area contributed by atoms with Crippen LogP contribution in [0.15, 0.2) is 54.7 Å². The molecule has 4 rings (SSSR count). The van der Waals surface area contributed by atoms with E-state index in [0.717, 1.165) is 51.0 Å². The number of benzene rings is 1. The maximum atomic E-state index is 13.3. The molecule has 158 valence electrons. The molecule has 1 aromatic heterocycles. The first-order chi connectivity index (χ1) is 14.7. The lowest BCUT2D eigenvalue weighted by atomic mass is 9.99. The minimum Gasteiger partial charge on any atom is -0.355 e. The van der Waals surface area contributed by atoms with Gasteiger partial charge >= 0.3 is 0 Å². The van der Waals surface area contributed by atoms with Crippen molar-refractivity contribution in [3.05, 3.63) is 66.0 Å². The molecular formula is C24H30N4O2. The molecule has 1 aliphatic carbocycles. The van der Waals surface area contributed by atoms with Gasteiger partial charge in [0.25, 0.3) is 5.91 Å². The number of aromatic nitrogens is 1. The first kappa shape index (κ1) is 20.5. The lowest BCUT2D eigenvalue weighted by Crippen LogP contribution is -2.47. The predicted molar refractivity (Wildman–Crippen MR) is 116 cm³/mol. The van der Waals surface area contributed by atoms with Gasteiger partial charge in [-0.05, 0) is 43.5 Å². The number of fused-ring (bicyclic) bond motifs is 1. The lowest BCUT2D eigenvalue weighted by Gasteiger charge is -2.33. The van der Waals surface area contributed by atoms with Gasteiger partial charge in [-0.3, -0.25) is 19.5 Å². The fraction of sp³-hybridized carbons (Fsp3) is 0.458. The van der Waals surface area contributed by atoms with Crippen molar-refractivity contribution in [2.45, 2.75) is 38.3 Å². The Bertz CT molecular complexity index is 843. The highest BCUT2D eigenvalue weighted by Crippen LogP contribution is 2.31. The van der Waals surface area contributed by atoms with Crippen LogP contribution in [0.4, 0.5) is 0 Å². The monoisotopic (exact) mass is 406 g/mol. The Morgan fingerprint density at radius 3 is 2.63 bits per heavy atom. The van der Waals surface area contributed by atoms with Gasteiger partial charge in [0.15, 0.2) is 0 Å². The maximum Gasteiger partial charge on any atom is 0.254 e. The van der Waals surface area contributed by atoms with E-state index in [4.69, 9.17) is 0 Å². The Hall–Kier alpha value is -2.73. The number of hydrogen-bond acceptors (Lipinski definition) is 4. The van der Waals surface area contributed by atoms with Crippen molar-refractivity contribution >= 4 is 11.8 Å². The molecule has 2 atom stereocenters. The van der Waals surface area contributed by atoms with Gasteiger partial charge < -0.3 is 10.2 Å². The zero-order chi connectivity index (χ0) is 20.8. The van der Waals surface area contributed by atoms with E-state index in [2.05, 4.69) is 15.2 Å². The summed E-state index contributed by atoms with van der Waals surface area (Å²) < 4.78 is 0. The Kier molecular flexibility index (Phi) is 6.74. The van der Waals surface area contributed by atoms with E-state index in [9.17, 15) is 9.59 Å². The number of nitrogens with one attached hydrogen (secondary N) is 1. The third kappa shape index (κ3) is 4.87. The standard InChI is InChI=1S/C24H30N4O2/c29-23-21-11-6-12-22(21)28(24(30)19-8-2-1-3-9-19)16-7-15-27(17-14-26-23)18-20-10-4-5-13-25-20/h1-5,8-10,13,21-22H,6-7,11-12,14-18H2,(H,26,29)/t21-,22+/m1/s1. The van der Waals surface area contributed by atoms with Gasteiger partial charge in [-0.2, -0.15) is 0 Å². The fourth-order valence-corrected chi connectivity index (χ4v) is 4.71. The summed E-state index contributed by atoms with van der Waals surface area (Å²) in [4.78, 5) is 35.0. The second-order valence-corrected chi connectivity index (χ2v) is 8.21. The molecule has 1 saturated heterocycles. The van der Waals surface area contributed by atoms with E-state index >= 15 is 0 Å². The summed E-state index contributed by atoms with van der Waals surface area (Å²) >= 11 is 0. The van der Waals surface area contributed by atoms with Crippen molar-refractivity contribution in [1.29, 1.82) is 0 Å². The second kappa shape index (κ2) is 9.85. The molecule has 1 aromatic carbocycles. The molecule has 0 unspecified atom stereocenters. The molecular weight excluding hydrogens is 376 g/mol. The van der Waals surface area contributed by atoms with Crippen LogP contribution in [0.25, 0.3) is 0 Å². The largest absolute Gasteiger partial charge is 0.355 e. The molecule has 6 heteroatoms. The highest BCUT2D eigenvalue weighted by atomic mass is 16.2. The molecule has 2 aliphatic rings. The van der Waals surface area contributed by atoms with Crippen molar-refractivity contribution < 1.29 is 9.59 Å². The lowest BCUT2D eigenvalue weighted by molar-refractivity contribution is -0.126. The van der Waals surface area contributed by atoms with Crippen LogP contribution < -0.4 is 5.32 Å². The van der Waals surface area contributed by atoms with Gasteiger partial charge in [0.2, 0.25) is 5.91 Å². The van der Waals surface area contributed by atoms with Crippen molar-refractivity contribution in [3.63, 3.8) is 0 Å². The zero-order valence-electron chi connectivity index (χ0n) is 17.4. The molecule has 1 aliphatic heterocycles. The van der Waals surface area contributed by atoms with Crippen LogP contribution in [0.2, 0.25) is 0 Å². The number of carbonyl (C=O) groups is 2. The van der Waals surface area contributed by atoms with Crippen LogP contribution in [0.5, 0.6) is 0 Å². The molecule has 1 saturated carbocycles. The summed E-state index contributed by atoms with van der Waals surface area (Å²) in [6.45, 7) is 3.69. The van der Waals surface area contributed by atoms with Crippen LogP contribution in [0.3, 0.4) is 0 Å². The van der Waals surface area contributed by atoms with Crippen LogP contribution in [-0.2, 0) is 11.3 Å². The SMILES string of the molecule is O=C1NCCN(Cc2ccccn2)CCCN(C(=O)c2ccccc2)[C@H]2CCC[C@@H]12. The number of carbonyl (C=O) groups excluding carboxylic acids is 2. The molecule has 30 heavy (non-hydrogen) atoms. The van der Waals surface area contributed by atoms with Crippen LogP contribution in [-0.4, -0.2) is 58.8 Å². The highest BCUT2D eigenvalue weighted by molar-refractivity contribution is 5.95. The van der Waals surface area contributed by atoms with Gasteiger partial charge in [0, 0.05) is 50.5 Å². The van der Waals surface area contributed by atoms with Gasteiger partial charge in [-0.1, -0.05) is 30.7 Å². The van der Waals surface area contributed by atoms with E-state index in [1.807, 2.05) is 59.6 Å². The van der Waals surface area contributed by atoms with Gasteiger partial charge in [0.1, 0.15) is 0 Å². The summed E-state index contributed by atoms with van der Waals surface area (Å²) in [6, 6.07) is 15.4. The summed E-state index contributed by atoms with van der Waals surface area (Å²) in [5.74, 6) is 0.0128. The van der Waals surface area contributed by atoms with Gasteiger partial charge in [0.05, 0.1) is 11.6 Å². The molecule has 0 spiro atoms. The first-order valence-electron chi connectivity index (χ1n) is 11.0. The smallest absolute Gasteiger partial charge is 0.254 e. The number of hydrogen-bond donors (Lipinski definition) is 1. The van der Waals surface area contributed by atoms with E-state index in [1.54, 1.807) is 0 Å². The van der Waals surface area contributed by atoms with Crippen molar-refractivity contribution in [2.75, 3.05) is 26.2 Å². The third-order valence-corrected chi connectivity index (χ3v) is 6.21. The maximum absolute atomic E-state index is 13.3. The van der Waals surface area contributed by atoms with Crippen LogP contribution in [0, 0.1) is 5.92 Å². The summed E-state index contributed by atoms with van der Waals surface area (Å²) in [5, 5.41) is 3.13. The highest BCUT2D eigenvalue weighted by Gasteiger charge is 2.39. The molecule has 0 bridgehead atoms. The van der Waals surface area contributed by atoms with E-state index < -0.39 is 0 Å². The number of amides is 2. The average Bonchev–Trinajstić information content (AvgIpc) is 3.26. The van der Waals surface area contributed by atoms with Gasteiger partial charge in [-0.15, -0.1) is 0 Å². The molecule has 1 N–H and O–H groups in total. The Morgan fingerprint density at radius 2 is 1.83 bits per heavy atom. The molecule has 2 heterocycles. The van der Waals surface area contributed by atoms with E-state index in [1.165, 1.54) is 0 Å². The number of pyridine rings is 1. The van der Waals surface area contributed by atoms with Crippen LogP contribution in [0.1, 0.15) is 41.7 Å². The molecule has 2 fully saturated rings. The quantitative estimate of drug-likeness (QED) is 0.851. The molecule has 0 radical (unpaired) electrons. The topological polar surface area (TPSA) is 65.5 Å². The summed E-state index contributed by atoms with van der Waals surface area (Å²) in [5.41, 5.74) is 1.72. The minimum absolute atomic E-state index is 0.0138.